The van der Waals surface area contributed by atoms with E-state index in [1.807, 2.05) is 5.51 Å². The second-order valence-corrected chi connectivity index (χ2v) is 5.17. The van der Waals surface area contributed by atoms with Crippen molar-refractivity contribution >= 4 is 27.3 Å². The summed E-state index contributed by atoms with van der Waals surface area (Å²) >= 11 is 5.23. The molecule has 0 atom stereocenters. The topological polar surface area (TPSA) is 12.9 Å². The lowest BCUT2D eigenvalue weighted by Gasteiger charge is -2.04. The fourth-order valence-corrected chi connectivity index (χ4v) is 2.98. The van der Waals surface area contributed by atoms with Gasteiger partial charge in [0.15, 0.2) is 0 Å². The summed E-state index contributed by atoms with van der Waals surface area (Å²) in [6.07, 6.45) is 5.44. The van der Waals surface area contributed by atoms with Crippen LogP contribution in [0, 0.1) is 0 Å². The highest BCUT2D eigenvalue weighted by atomic mass is 79.9. The second kappa shape index (κ2) is 3.23. The van der Waals surface area contributed by atoms with Gasteiger partial charge in [0.05, 0.1) is 15.0 Å². The molecule has 1 aromatic heterocycles. The smallest absolute Gasteiger partial charge is 0.0931 e. The summed E-state index contributed by atoms with van der Waals surface area (Å²) in [6.45, 7) is 0. The summed E-state index contributed by atoms with van der Waals surface area (Å²) in [7, 11) is 0. The first-order chi connectivity index (χ1) is 5.38. The highest BCUT2D eigenvalue weighted by molar-refractivity contribution is 9.11. The van der Waals surface area contributed by atoms with Crippen molar-refractivity contribution in [3.8, 4) is 0 Å². The molecule has 1 saturated carbocycles. The van der Waals surface area contributed by atoms with Crippen molar-refractivity contribution in [2.24, 2.45) is 0 Å². The first kappa shape index (κ1) is 7.74. The Morgan fingerprint density at radius 1 is 1.45 bits per heavy atom. The van der Waals surface area contributed by atoms with E-state index < -0.39 is 0 Å². The molecule has 2 rings (SSSR count). The quantitative estimate of drug-likeness (QED) is 0.721. The van der Waals surface area contributed by atoms with Gasteiger partial charge in [-0.2, -0.15) is 0 Å². The van der Waals surface area contributed by atoms with E-state index in [1.165, 1.54) is 35.2 Å². The zero-order chi connectivity index (χ0) is 7.68. The molecule has 3 heteroatoms. The molecule has 1 aromatic rings. The third-order valence-electron chi connectivity index (χ3n) is 2.29. The van der Waals surface area contributed by atoms with Gasteiger partial charge in [0.2, 0.25) is 0 Å². The van der Waals surface area contributed by atoms with E-state index in [1.54, 1.807) is 11.3 Å². The van der Waals surface area contributed by atoms with Crippen LogP contribution in [-0.2, 0) is 0 Å². The van der Waals surface area contributed by atoms with E-state index in [2.05, 4.69) is 20.9 Å². The lowest BCUT2D eigenvalue weighted by molar-refractivity contribution is 0.700. The van der Waals surface area contributed by atoms with Crippen molar-refractivity contribution in [2.45, 2.75) is 31.6 Å². The molecule has 0 aliphatic heterocycles. The van der Waals surface area contributed by atoms with Crippen molar-refractivity contribution in [1.82, 2.24) is 4.98 Å². The summed E-state index contributed by atoms with van der Waals surface area (Å²) in [5.74, 6) is 0.746. The number of hydrogen-bond acceptors (Lipinski definition) is 2. The maximum atomic E-state index is 4.37. The maximum Gasteiger partial charge on any atom is 0.0931 e. The monoisotopic (exact) mass is 231 g/mol. The summed E-state index contributed by atoms with van der Waals surface area (Å²) in [5.41, 5.74) is 3.23. The van der Waals surface area contributed by atoms with Crippen LogP contribution in [0.5, 0.6) is 0 Å². The highest BCUT2D eigenvalue weighted by Crippen LogP contribution is 2.38. The Labute approximate surface area is 79.0 Å². The minimum Gasteiger partial charge on any atom is -0.248 e. The van der Waals surface area contributed by atoms with E-state index >= 15 is 0 Å². The molecule has 11 heavy (non-hydrogen) atoms. The van der Waals surface area contributed by atoms with Crippen molar-refractivity contribution in [3.63, 3.8) is 0 Å². The molecule has 0 radical (unpaired) electrons. The zero-order valence-electron chi connectivity index (χ0n) is 6.22. The van der Waals surface area contributed by atoms with Crippen LogP contribution in [0.1, 0.15) is 37.3 Å². The van der Waals surface area contributed by atoms with Crippen LogP contribution in [-0.4, -0.2) is 4.98 Å². The predicted molar refractivity (Wildman–Crippen MR) is 51.0 cm³/mol. The Bertz CT molecular complexity index is 240. The number of hydrogen-bond donors (Lipinski definition) is 0. The molecule has 0 spiro atoms. The number of aromatic nitrogens is 1. The molecular formula is C8H10BrNS. The molecule has 1 aliphatic rings. The fraction of sp³-hybridized carbons (Fsp3) is 0.625. The Kier molecular flexibility index (Phi) is 2.28. The minimum atomic E-state index is 0.746. The molecule has 0 aromatic carbocycles. The Morgan fingerprint density at radius 3 is 2.73 bits per heavy atom. The lowest BCUT2D eigenvalue weighted by Crippen LogP contribution is -1.92. The Morgan fingerprint density at radius 2 is 2.18 bits per heavy atom. The van der Waals surface area contributed by atoms with Gasteiger partial charge in [0.1, 0.15) is 0 Å². The van der Waals surface area contributed by atoms with Crippen molar-refractivity contribution in [1.29, 1.82) is 0 Å². The normalized spacial score (nSPS) is 19.4. The van der Waals surface area contributed by atoms with Crippen LogP contribution in [0.2, 0.25) is 0 Å². The standard InChI is InChI=1S/C8H10BrNS/c9-8-7(10-5-11-8)6-3-1-2-4-6/h5-6H,1-4H2. The van der Waals surface area contributed by atoms with E-state index in [4.69, 9.17) is 0 Å². The molecule has 0 amide bonds. The summed E-state index contributed by atoms with van der Waals surface area (Å²) in [4.78, 5) is 4.37. The van der Waals surface area contributed by atoms with Gasteiger partial charge in [-0.3, -0.25) is 0 Å². The highest BCUT2D eigenvalue weighted by Gasteiger charge is 2.20. The van der Waals surface area contributed by atoms with Crippen molar-refractivity contribution in [2.75, 3.05) is 0 Å². The predicted octanol–water partition coefficient (Wildman–Crippen LogP) is 3.56. The Hall–Kier alpha value is 0.110. The van der Waals surface area contributed by atoms with Crippen LogP contribution in [0.15, 0.2) is 9.30 Å². The average Bonchev–Trinajstić information content (AvgIpc) is 2.55. The number of halogens is 1. The van der Waals surface area contributed by atoms with Crippen molar-refractivity contribution < 1.29 is 0 Å². The first-order valence-electron chi connectivity index (χ1n) is 3.97. The van der Waals surface area contributed by atoms with Gasteiger partial charge in [-0.25, -0.2) is 4.98 Å². The molecule has 60 valence electrons. The van der Waals surface area contributed by atoms with Gasteiger partial charge in [0.25, 0.3) is 0 Å². The van der Waals surface area contributed by atoms with Gasteiger partial charge in [0, 0.05) is 5.92 Å². The molecule has 1 fully saturated rings. The van der Waals surface area contributed by atoms with E-state index in [0.29, 0.717) is 0 Å². The van der Waals surface area contributed by atoms with Gasteiger partial charge in [-0.15, -0.1) is 11.3 Å². The van der Waals surface area contributed by atoms with E-state index in [0.717, 1.165) is 5.92 Å². The first-order valence-corrected chi connectivity index (χ1v) is 5.64. The van der Waals surface area contributed by atoms with Gasteiger partial charge in [-0.05, 0) is 28.8 Å². The average molecular weight is 232 g/mol. The fourth-order valence-electron chi connectivity index (χ4n) is 1.71. The zero-order valence-corrected chi connectivity index (χ0v) is 8.62. The largest absolute Gasteiger partial charge is 0.248 e. The van der Waals surface area contributed by atoms with E-state index in [-0.39, 0.29) is 0 Å². The van der Waals surface area contributed by atoms with Crippen molar-refractivity contribution in [3.05, 3.63) is 15.0 Å². The molecular weight excluding hydrogens is 222 g/mol. The summed E-state index contributed by atoms with van der Waals surface area (Å²) < 4.78 is 1.24. The SMILES string of the molecule is Brc1scnc1C1CCCC1. The Balaban J connectivity index is 2.21. The van der Waals surface area contributed by atoms with Gasteiger partial charge >= 0.3 is 0 Å². The summed E-state index contributed by atoms with van der Waals surface area (Å²) in [5, 5.41) is 0. The maximum absolute atomic E-state index is 4.37. The molecule has 1 aliphatic carbocycles. The molecule has 1 heterocycles. The van der Waals surface area contributed by atoms with Gasteiger partial charge < -0.3 is 0 Å². The van der Waals surface area contributed by atoms with Crippen LogP contribution >= 0.6 is 27.3 Å². The second-order valence-electron chi connectivity index (χ2n) is 2.99. The number of rotatable bonds is 1. The van der Waals surface area contributed by atoms with Crippen LogP contribution < -0.4 is 0 Å². The molecule has 0 unspecified atom stereocenters. The number of thiazole rings is 1. The van der Waals surface area contributed by atoms with E-state index in [9.17, 15) is 0 Å². The van der Waals surface area contributed by atoms with Crippen LogP contribution in [0.25, 0.3) is 0 Å². The molecule has 1 nitrogen and oxygen atoms in total. The molecule has 0 saturated heterocycles. The minimum absolute atomic E-state index is 0.746. The van der Waals surface area contributed by atoms with Crippen LogP contribution in [0.3, 0.4) is 0 Å². The van der Waals surface area contributed by atoms with Crippen LogP contribution in [0.4, 0.5) is 0 Å². The third kappa shape index (κ3) is 1.49. The molecule has 0 N–H and O–H groups in total. The number of nitrogens with zero attached hydrogens (tertiary/aromatic N) is 1. The summed E-state index contributed by atoms with van der Waals surface area (Å²) in [6, 6.07) is 0. The third-order valence-corrected chi connectivity index (χ3v) is 3.89. The lowest BCUT2D eigenvalue weighted by atomic mass is 10.1. The van der Waals surface area contributed by atoms with Gasteiger partial charge in [-0.1, -0.05) is 12.8 Å². The molecule has 0 bridgehead atoms.